The molecule has 0 unspecified atom stereocenters. The molecular weight excluding hydrogens is 464 g/mol. The van der Waals surface area contributed by atoms with Gasteiger partial charge in [0.2, 0.25) is 0 Å². The molecule has 14 heteroatoms. The van der Waals surface area contributed by atoms with Gasteiger partial charge in [0, 0.05) is 13.1 Å². The molecule has 0 atom stereocenters. The van der Waals surface area contributed by atoms with Crippen LogP contribution in [0.25, 0.3) is 0 Å². The first-order valence-corrected chi connectivity index (χ1v) is 10.6. The molecule has 0 amide bonds. The average Bonchev–Trinajstić information content (AvgIpc) is 3.15. The molecule has 1 aliphatic heterocycles. The third-order valence-corrected chi connectivity index (χ3v) is 6.61. The number of benzene rings is 2. The van der Waals surface area contributed by atoms with Gasteiger partial charge in [-0.3, -0.25) is 40.5 Å². The fraction of sp³-hybridized carbons (Fsp3) is 0.429. The number of hydrogen-bond acceptors (Lipinski definition) is 10. The van der Waals surface area contributed by atoms with Crippen molar-refractivity contribution in [3.05, 3.63) is 73.8 Å². The summed E-state index contributed by atoms with van der Waals surface area (Å²) in [5, 5.41) is 46.9. The van der Waals surface area contributed by atoms with Crippen LogP contribution in [0, 0.1) is 82.0 Å². The summed E-state index contributed by atoms with van der Waals surface area (Å²) in [5.41, 5.74) is 0.310. The normalized spacial score (nSPS) is 13.3. The zero-order valence-corrected chi connectivity index (χ0v) is 20.1. The zero-order valence-electron chi connectivity index (χ0n) is 20.1. The minimum Gasteiger partial charge on any atom is -0.351 e. The van der Waals surface area contributed by atoms with E-state index in [0.717, 1.165) is 0 Å². The molecule has 0 bridgehead atoms. The highest BCUT2D eigenvalue weighted by Gasteiger charge is 2.37. The maximum atomic E-state index is 11.7. The molecule has 0 aliphatic carbocycles. The number of nitro benzene ring substituents is 4. The van der Waals surface area contributed by atoms with Crippen LogP contribution in [-0.4, -0.2) is 39.5 Å². The summed E-state index contributed by atoms with van der Waals surface area (Å²) in [6.07, 6.45) is 0. The van der Waals surface area contributed by atoms with Crippen molar-refractivity contribution in [2.24, 2.45) is 0 Å². The molecule has 1 heterocycles. The standard InChI is InChI=1S/C21H24N6O8/c1-10-16(11(2)19(25(30)31)14(5)18(10)24(28)29)22-7-8-23(9-22)17-12(3)20(26(32)33)15(6)21(13(17)4)27(34)35/h7-9H2,1-6H3. The second-order valence-corrected chi connectivity index (χ2v) is 8.54. The summed E-state index contributed by atoms with van der Waals surface area (Å²) in [6.45, 7) is 9.46. The van der Waals surface area contributed by atoms with Crippen LogP contribution in [0.5, 0.6) is 0 Å². The van der Waals surface area contributed by atoms with E-state index < -0.39 is 19.7 Å². The van der Waals surface area contributed by atoms with Gasteiger partial charge in [0.25, 0.3) is 22.7 Å². The van der Waals surface area contributed by atoms with Crippen LogP contribution in [0.2, 0.25) is 0 Å². The van der Waals surface area contributed by atoms with E-state index in [4.69, 9.17) is 0 Å². The molecule has 3 rings (SSSR count). The fourth-order valence-electron chi connectivity index (χ4n) is 5.36. The predicted molar refractivity (Wildman–Crippen MR) is 127 cm³/mol. The van der Waals surface area contributed by atoms with Crippen LogP contribution in [0.3, 0.4) is 0 Å². The van der Waals surface area contributed by atoms with E-state index in [-0.39, 0.29) is 62.8 Å². The van der Waals surface area contributed by atoms with Gasteiger partial charge in [0.1, 0.15) is 11.1 Å². The molecule has 186 valence electrons. The summed E-state index contributed by atoms with van der Waals surface area (Å²) in [4.78, 5) is 47.8. The quantitative estimate of drug-likeness (QED) is 0.416. The second kappa shape index (κ2) is 8.77. The highest BCUT2D eigenvalue weighted by molar-refractivity contribution is 5.79. The van der Waals surface area contributed by atoms with Crippen LogP contribution in [0.4, 0.5) is 34.1 Å². The van der Waals surface area contributed by atoms with Gasteiger partial charge in [-0.05, 0) is 41.5 Å². The smallest absolute Gasteiger partial charge is 0.284 e. The number of nitrogens with zero attached hydrogens (tertiary/aromatic N) is 6. The zero-order chi connectivity index (χ0) is 26.5. The van der Waals surface area contributed by atoms with Gasteiger partial charge in [-0.1, -0.05) is 0 Å². The van der Waals surface area contributed by atoms with E-state index >= 15 is 0 Å². The topological polar surface area (TPSA) is 179 Å². The Kier molecular flexibility index (Phi) is 6.33. The van der Waals surface area contributed by atoms with Crippen molar-refractivity contribution in [3.63, 3.8) is 0 Å². The maximum absolute atomic E-state index is 11.7. The van der Waals surface area contributed by atoms with E-state index in [0.29, 0.717) is 24.5 Å². The summed E-state index contributed by atoms with van der Waals surface area (Å²) in [6, 6.07) is 0. The summed E-state index contributed by atoms with van der Waals surface area (Å²) in [5.74, 6) is 0. The molecule has 14 nitrogen and oxygen atoms in total. The first-order chi connectivity index (χ1) is 16.2. The number of anilines is 2. The van der Waals surface area contributed by atoms with Crippen LogP contribution in [0.1, 0.15) is 33.4 Å². The second-order valence-electron chi connectivity index (χ2n) is 8.54. The van der Waals surface area contributed by atoms with Crippen molar-refractivity contribution in [2.45, 2.75) is 41.5 Å². The highest BCUT2D eigenvalue weighted by atomic mass is 16.6. The first kappa shape index (κ1) is 25.3. The highest BCUT2D eigenvalue weighted by Crippen LogP contribution is 2.45. The van der Waals surface area contributed by atoms with E-state index in [1.54, 1.807) is 9.80 Å². The minimum absolute atomic E-state index is 0.0359. The van der Waals surface area contributed by atoms with Crippen molar-refractivity contribution < 1.29 is 19.7 Å². The van der Waals surface area contributed by atoms with Gasteiger partial charge in [-0.2, -0.15) is 0 Å². The Morgan fingerprint density at radius 1 is 0.486 bits per heavy atom. The number of nitro groups is 4. The van der Waals surface area contributed by atoms with Gasteiger partial charge in [0.15, 0.2) is 0 Å². The van der Waals surface area contributed by atoms with Crippen LogP contribution >= 0.6 is 0 Å². The fourth-order valence-corrected chi connectivity index (χ4v) is 5.36. The van der Waals surface area contributed by atoms with Crippen LogP contribution < -0.4 is 9.80 Å². The largest absolute Gasteiger partial charge is 0.351 e. The molecular formula is C21H24N6O8. The maximum Gasteiger partial charge on any atom is 0.284 e. The summed E-state index contributed by atoms with van der Waals surface area (Å²) in [7, 11) is 0. The Morgan fingerprint density at radius 2 is 0.714 bits per heavy atom. The monoisotopic (exact) mass is 488 g/mol. The average molecular weight is 488 g/mol. The van der Waals surface area contributed by atoms with Gasteiger partial charge in [-0.25, -0.2) is 0 Å². The van der Waals surface area contributed by atoms with Gasteiger partial charge in [0.05, 0.1) is 60.0 Å². The molecule has 0 radical (unpaired) electrons. The third kappa shape index (κ3) is 3.86. The van der Waals surface area contributed by atoms with Crippen molar-refractivity contribution in [1.29, 1.82) is 0 Å². The molecule has 2 aromatic carbocycles. The van der Waals surface area contributed by atoms with E-state index in [1.165, 1.54) is 41.5 Å². The molecule has 0 aromatic heterocycles. The lowest BCUT2D eigenvalue weighted by atomic mass is 9.98. The third-order valence-electron chi connectivity index (χ3n) is 6.61. The molecule has 0 spiro atoms. The summed E-state index contributed by atoms with van der Waals surface area (Å²) >= 11 is 0. The SMILES string of the molecule is Cc1c(N2CCN(c3c(C)c([N+](=O)[O-])c(C)c([N+](=O)[O-])c3C)C2)c(C)c([N+](=O)[O-])c(C)c1[N+](=O)[O-]. The molecule has 1 fully saturated rings. The summed E-state index contributed by atoms with van der Waals surface area (Å²) < 4.78 is 0. The van der Waals surface area contributed by atoms with Crippen molar-refractivity contribution >= 4 is 34.1 Å². The van der Waals surface area contributed by atoms with Gasteiger partial charge >= 0.3 is 0 Å². The molecule has 0 N–H and O–H groups in total. The van der Waals surface area contributed by atoms with E-state index in [1.807, 2.05) is 0 Å². The lowest BCUT2D eigenvalue weighted by Gasteiger charge is -2.26. The molecule has 2 aromatic rings. The molecule has 1 aliphatic rings. The van der Waals surface area contributed by atoms with Crippen LogP contribution in [0.15, 0.2) is 0 Å². The Labute approximate surface area is 199 Å². The van der Waals surface area contributed by atoms with E-state index in [9.17, 15) is 40.5 Å². The van der Waals surface area contributed by atoms with Crippen molar-refractivity contribution in [2.75, 3.05) is 29.6 Å². The van der Waals surface area contributed by atoms with Crippen LogP contribution in [-0.2, 0) is 0 Å². The number of rotatable bonds is 6. The van der Waals surface area contributed by atoms with E-state index in [2.05, 4.69) is 0 Å². The van der Waals surface area contributed by atoms with Gasteiger partial charge < -0.3 is 9.80 Å². The number of hydrogen-bond donors (Lipinski definition) is 0. The van der Waals surface area contributed by atoms with Crippen molar-refractivity contribution in [1.82, 2.24) is 0 Å². The lowest BCUT2D eigenvalue weighted by molar-refractivity contribution is -0.396. The van der Waals surface area contributed by atoms with Crippen molar-refractivity contribution in [3.8, 4) is 0 Å². The molecule has 35 heavy (non-hydrogen) atoms. The van der Waals surface area contributed by atoms with Gasteiger partial charge in [-0.15, -0.1) is 0 Å². The molecule has 0 saturated carbocycles. The minimum atomic E-state index is -0.643. The Balaban J connectivity index is 2.20. The lowest BCUT2D eigenvalue weighted by Crippen LogP contribution is -2.28. The predicted octanol–water partition coefficient (Wildman–Crippen LogP) is 4.45. The Morgan fingerprint density at radius 3 is 0.914 bits per heavy atom. The first-order valence-electron chi connectivity index (χ1n) is 10.6. The Hall–Kier alpha value is -4.36. The Bertz CT molecular complexity index is 1140. The molecule has 1 saturated heterocycles.